The lowest BCUT2D eigenvalue weighted by molar-refractivity contribution is 0.281. The van der Waals surface area contributed by atoms with Crippen molar-refractivity contribution in [2.45, 2.75) is 32.1 Å². The Hall–Kier alpha value is -0.670. The largest absolute Gasteiger partial charge is 0.392 e. The fraction of sp³-hybridized carbons (Fsp3) is 0.571. The summed E-state index contributed by atoms with van der Waals surface area (Å²) in [4.78, 5) is 2.45. The Bertz CT molecular complexity index is 403. The van der Waals surface area contributed by atoms with Gasteiger partial charge in [-0.05, 0) is 44.0 Å². The number of aliphatic hydroxyl groups is 1. The van der Waals surface area contributed by atoms with Crippen LogP contribution in [0.3, 0.4) is 0 Å². The van der Waals surface area contributed by atoms with Crippen LogP contribution in [0.2, 0.25) is 0 Å². The minimum Gasteiger partial charge on any atom is -0.392 e. The van der Waals surface area contributed by atoms with Crippen molar-refractivity contribution < 1.29 is 5.11 Å². The minimum atomic E-state index is 0.132. The Morgan fingerprint density at radius 3 is 2.76 bits per heavy atom. The van der Waals surface area contributed by atoms with Gasteiger partial charge in [-0.15, -0.1) is 0 Å². The number of aryl methyl sites for hydroxylation is 1. The van der Waals surface area contributed by atoms with Crippen LogP contribution in [-0.2, 0) is 6.61 Å². The highest BCUT2D eigenvalue weighted by Gasteiger charge is 2.27. The number of hydrogen-bond donors (Lipinski definition) is 1. The van der Waals surface area contributed by atoms with Gasteiger partial charge in [-0.1, -0.05) is 6.07 Å². The van der Waals surface area contributed by atoms with Crippen molar-refractivity contribution in [2.24, 2.45) is 0 Å². The zero-order valence-corrected chi connectivity index (χ0v) is 11.7. The second-order valence-electron chi connectivity index (χ2n) is 5.30. The molecule has 1 aromatic rings. The number of rotatable bonds is 2. The van der Waals surface area contributed by atoms with Gasteiger partial charge in [0.2, 0.25) is 0 Å². The average Bonchev–Trinajstić information content (AvgIpc) is 2.27. The van der Waals surface area contributed by atoms with Gasteiger partial charge < -0.3 is 10.0 Å². The van der Waals surface area contributed by atoms with E-state index < -0.39 is 0 Å². The van der Waals surface area contributed by atoms with Gasteiger partial charge in [-0.3, -0.25) is 0 Å². The van der Waals surface area contributed by atoms with Crippen LogP contribution in [0.5, 0.6) is 0 Å². The number of hydrogen-bond acceptors (Lipinski definition) is 3. The molecular weight excluding hydrogens is 230 g/mol. The normalized spacial score (nSPS) is 19.4. The van der Waals surface area contributed by atoms with Crippen LogP contribution in [0.15, 0.2) is 18.2 Å². The maximum Gasteiger partial charge on any atom is 0.0684 e. The Balaban J connectivity index is 2.19. The summed E-state index contributed by atoms with van der Waals surface area (Å²) < 4.78 is 0.335. The fourth-order valence-corrected chi connectivity index (χ4v) is 3.40. The van der Waals surface area contributed by atoms with Gasteiger partial charge in [-0.25, -0.2) is 0 Å². The predicted molar refractivity (Wildman–Crippen MR) is 75.9 cm³/mol. The Morgan fingerprint density at radius 1 is 1.41 bits per heavy atom. The zero-order valence-electron chi connectivity index (χ0n) is 10.9. The van der Waals surface area contributed by atoms with Crippen molar-refractivity contribution in [3.05, 3.63) is 29.3 Å². The van der Waals surface area contributed by atoms with Gasteiger partial charge in [0.15, 0.2) is 0 Å². The number of anilines is 1. The Kier molecular flexibility index (Phi) is 3.69. The van der Waals surface area contributed by atoms with E-state index in [1.165, 1.54) is 17.0 Å². The summed E-state index contributed by atoms with van der Waals surface area (Å²) in [7, 11) is 0. The summed E-state index contributed by atoms with van der Waals surface area (Å²) in [6.07, 6.45) is 0. The van der Waals surface area contributed by atoms with E-state index in [1.807, 2.05) is 17.8 Å². The maximum absolute atomic E-state index is 9.19. The zero-order chi connectivity index (χ0) is 12.5. The van der Waals surface area contributed by atoms with Crippen LogP contribution in [-0.4, -0.2) is 28.7 Å². The summed E-state index contributed by atoms with van der Waals surface area (Å²) >= 11 is 2.05. The molecule has 0 saturated carbocycles. The SMILES string of the molecule is Cc1cc(N2CCSC(C)(C)C2)ccc1CO. The highest BCUT2D eigenvalue weighted by Crippen LogP contribution is 2.32. The third-order valence-corrected chi connectivity index (χ3v) is 4.58. The number of aliphatic hydroxyl groups excluding tert-OH is 1. The van der Waals surface area contributed by atoms with Crippen molar-refractivity contribution in [3.63, 3.8) is 0 Å². The highest BCUT2D eigenvalue weighted by atomic mass is 32.2. The molecule has 0 unspecified atom stereocenters. The average molecular weight is 251 g/mol. The molecule has 1 heterocycles. The number of thioether (sulfide) groups is 1. The molecule has 0 aliphatic carbocycles. The molecule has 3 heteroatoms. The second-order valence-corrected chi connectivity index (χ2v) is 7.10. The molecule has 0 bridgehead atoms. The van der Waals surface area contributed by atoms with Gasteiger partial charge in [-0.2, -0.15) is 11.8 Å². The molecule has 1 aliphatic heterocycles. The van der Waals surface area contributed by atoms with Crippen LogP contribution < -0.4 is 4.90 Å². The molecule has 2 nitrogen and oxygen atoms in total. The lowest BCUT2D eigenvalue weighted by Gasteiger charge is -2.39. The van der Waals surface area contributed by atoms with Crippen molar-refractivity contribution in [1.29, 1.82) is 0 Å². The summed E-state index contributed by atoms with van der Waals surface area (Å²) in [5.74, 6) is 1.19. The van der Waals surface area contributed by atoms with Crippen LogP contribution >= 0.6 is 11.8 Å². The lowest BCUT2D eigenvalue weighted by Crippen LogP contribution is -2.43. The van der Waals surface area contributed by atoms with Gasteiger partial charge in [0.05, 0.1) is 6.61 Å². The first-order valence-corrected chi connectivity index (χ1v) is 7.10. The molecule has 0 aromatic heterocycles. The molecule has 0 radical (unpaired) electrons. The van der Waals surface area contributed by atoms with Crippen molar-refractivity contribution in [3.8, 4) is 0 Å². The fourth-order valence-electron chi connectivity index (χ4n) is 2.29. The third-order valence-electron chi connectivity index (χ3n) is 3.29. The van der Waals surface area contributed by atoms with Gasteiger partial charge >= 0.3 is 0 Å². The highest BCUT2D eigenvalue weighted by molar-refractivity contribution is 8.00. The van der Waals surface area contributed by atoms with E-state index in [0.717, 1.165) is 18.7 Å². The van der Waals surface area contributed by atoms with E-state index in [2.05, 4.69) is 37.8 Å². The number of nitrogens with zero attached hydrogens (tertiary/aromatic N) is 1. The van der Waals surface area contributed by atoms with Gasteiger partial charge in [0.1, 0.15) is 0 Å². The molecule has 0 atom stereocenters. The summed E-state index contributed by atoms with van der Waals surface area (Å²) in [5, 5.41) is 9.19. The third kappa shape index (κ3) is 2.96. The summed E-state index contributed by atoms with van der Waals surface area (Å²) in [5.41, 5.74) is 3.49. The first kappa shape index (κ1) is 12.8. The smallest absolute Gasteiger partial charge is 0.0684 e. The first-order chi connectivity index (χ1) is 8.02. The van der Waals surface area contributed by atoms with E-state index >= 15 is 0 Å². The van der Waals surface area contributed by atoms with Crippen LogP contribution in [0.1, 0.15) is 25.0 Å². The molecule has 1 aliphatic rings. The molecular formula is C14H21NOS. The maximum atomic E-state index is 9.19. The minimum absolute atomic E-state index is 0.132. The molecule has 1 saturated heterocycles. The predicted octanol–water partition coefficient (Wildman–Crippen LogP) is 2.82. The van der Waals surface area contributed by atoms with Gasteiger partial charge in [0, 0.05) is 29.3 Å². The molecule has 0 amide bonds. The molecule has 1 aromatic carbocycles. The van der Waals surface area contributed by atoms with Crippen LogP contribution in [0.4, 0.5) is 5.69 Å². The second kappa shape index (κ2) is 4.91. The topological polar surface area (TPSA) is 23.5 Å². The van der Waals surface area contributed by atoms with E-state index in [0.29, 0.717) is 4.75 Å². The summed E-state index contributed by atoms with van der Waals surface area (Å²) in [6, 6.07) is 6.36. The van der Waals surface area contributed by atoms with E-state index in [9.17, 15) is 5.11 Å². The molecule has 0 spiro atoms. The molecule has 17 heavy (non-hydrogen) atoms. The lowest BCUT2D eigenvalue weighted by atomic mass is 10.1. The first-order valence-electron chi connectivity index (χ1n) is 6.11. The van der Waals surface area contributed by atoms with Crippen molar-refractivity contribution >= 4 is 17.4 Å². The summed E-state index contributed by atoms with van der Waals surface area (Å²) in [6.45, 7) is 9.02. The van der Waals surface area contributed by atoms with Crippen LogP contribution in [0.25, 0.3) is 0 Å². The van der Waals surface area contributed by atoms with Crippen LogP contribution in [0, 0.1) is 6.92 Å². The molecule has 1 fully saturated rings. The quantitative estimate of drug-likeness (QED) is 0.874. The van der Waals surface area contributed by atoms with E-state index in [1.54, 1.807) is 0 Å². The van der Waals surface area contributed by atoms with Gasteiger partial charge in [0.25, 0.3) is 0 Å². The van der Waals surface area contributed by atoms with E-state index in [4.69, 9.17) is 0 Å². The molecule has 2 rings (SSSR count). The monoisotopic (exact) mass is 251 g/mol. The Morgan fingerprint density at radius 2 is 2.18 bits per heavy atom. The standard InChI is InChI=1S/C14H21NOS/c1-11-8-13(5-4-12(11)9-16)15-6-7-17-14(2,3)10-15/h4-5,8,16H,6-7,9-10H2,1-3H3. The molecule has 94 valence electrons. The van der Waals surface area contributed by atoms with E-state index in [-0.39, 0.29) is 6.61 Å². The van der Waals surface area contributed by atoms with Crippen molar-refractivity contribution in [2.75, 3.05) is 23.7 Å². The Labute approximate surface area is 108 Å². The molecule has 1 N–H and O–H groups in total. The number of benzene rings is 1. The van der Waals surface area contributed by atoms with Crippen molar-refractivity contribution in [1.82, 2.24) is 0 Å².